The number of halogens is 3. The van der Waals surface area contributed by atoms with E-state index in [9.17, 15) is 4.79 Å². The van der Waals surface area contributed by atoms with Crippen LogP contribution in [0.1, 0.15) is 15.9 Å². The molecule has 0 aliphatic heterocycles. The van der Waals surface area contributed by atoms with Gasteiger partial charge in [0.1, 0.15) is 5.75 Å². The van der Waals surface area contributed by atoms with Gasteiger partial charge in [-0.05, 0) is 48.9 Å². The molecule has 0 heterocycles. The van der Waals surface area contributed by atoms with Gasteiger partial charge in [-0.3, -0.25) is 4.79 Å². The van der Waals surface area contributed by atoms with Crippen molar-refractivity contribution in [2.75, 3.05) is 6.61 Å². The Kier molecular flexibility index (Phi) is 4.92. The molecule has 0 N–H and O–H groups in total. The number of aryl methyl sites for hydroxylation is 1. The Morgan fingerprint density at radius 1 is 1.00 bits per heavy atom. The van der Waals surface area contributed by atoms with Crippen LogP contribution in [0.3, 0.4) is 0 Å². The number of benzene rings is 2. The molecule has 0 aromatic heterocycles. The number of rotatable bonds is 4. The van der Waals surface area contributed by atoms with Gasteiger partial charge in [-0.2, -0.15) is 0 Å². The third kappa shape index (κ3) is 3.66. The lowest BCUT2D eigenvalue weighted by Crippen LogP contribution is -2.11. The van der Waals surface area contributed by atoms with E-state index >= 15 is 0 Å². The maximum absolute atomic E-state index is 12.0. The summed E-state index contributed by atoms with van der Waals surface area (Å²) < 4.78 is 5.44. The number of hydrogen-bond donors (Lipinski definition) is 0. The molecule has 0 aliphatic rings. The van der Waals surface area contributed by atoms with Crippen LogP contribution in [0, 0.1) is 6.92 Å². The first kappa shape index (κ1) is 15.2. The SMILES string of the molecule is Cc1cc(OCC(=O)c2ccc(Cl)c(Cl)c2)ccc1Cl. The molecule has 0 aliphatic carbocycles. The molecule has 5 heteroatoms. The average molecular weight is 330 g/mol. The van der Waals surface area contributed by atoms with E-state index in [-0.39, 0.29) is 12.4 Å². The van der Waals surface area contributed by atoms with Gasteiger partial charge < -0.3 is 4.74 Å². The summed E-state index contributed by atoms with van der Waals surface area (Å²) in [7, 11) is 0. The minimum atomic E-state index is -0.170. The fraction of sp³-hybridized carbons (Fsp3) is 0.133. The molecule has 0 unspecified atom stereocenters. The molecule has 20 heavy (non-hydrogen) atoms. The van der Waals surface area contributed by atoms with Crippen LogP contribution < -0.4 is 4.74 Å². The van der Waals surface area contributed by atoms with Gasteiger partial charge in [0.05, 0.1) is 10.0 Å². The lowest BCUT2D eigenvalue weighted by atomic mass is 10.1. The topological polar surface area (TPSA) is 26.3 Å². The molecule has 0 amide bonds. The van der Waals surface area contributed by atoms with E-state index in [1.165, 1.54) is 6.07 Å². The van der Waals surface area contributed by atoms with Gasteiger partial charge in [-0.15, -0.1) is 0 Å². The highest BCUT2D eigenvalue weighted by atomic mass is 35.5. The normalized spacial score (nSPS) is 10.4. The van der Waals surface area contributed by atoms with Crippen molar-refractivity contribution >= 4 is 40.6 Å². The number of Topliss-reactive ketones (excluding diaryl/α,β-unsaturated/α-hetero) is 1. The Hall–Kier alpha value is -1.22. The van der Waals surface area contributed by atoms with E-state index in [1.807, 2.05) is 6.92 Å². The molecular formula is C15H11Cl3O2. The van der Waals surface area contributed by atoms with E-state index in [0.717, 1.165) is 5.56 Å². The molecule has 0 radical (unpaired) electrons. The van der Waals surface area contributed by atoms with Gasteiger partial charge in [-0.1, -0.05) is 34.8 Å². The summed E-state index contributed by atoms with van der Waals surface area (Å²) >= 11 is 17.6. The van der Waals surface area contributed by atoms with Crippen molar-refractivity contribution in [2.45, 2.75) is 6.92 Å². The van der Waals surface area contributed by atoms with Crippen molar-refractivity contribution in [3.05, 3.63) is 62.6 Å². The fourth-order valence-electron chi connectivity index (χ4n) is 1.61. The van der Waals surface area contributed by atoms with E-state index in [4.69, 9.17) is 39.5 Å². The summed E-state index contributed by atoms with van der Waals surface area (Å²) in [4.78, 5) is 12.0. The van der Waals surface area contributed by atoms with E-state index in [1.54, 1.807) is 30.3 Å². The zero-order valence-electron chi connectivity index (χ0n) is 10.6. The minimum absolute atomic E-state index is 0.0704. The second kappa shape index (κ2) is 6.49. The van der Waals surface area contributed by atoms with Gasteiger partial charge in [0, 0.05) is 10.6 Å². The van der Waals surface area contributed by atoms with Crippen molar-refractivity contribution in [1.82, 2.24) is 0 Å². The van der Waals surface area contributed by atoms with Crippen LogP contribution in [0.15, 0.2) is 36.4 Å². The number of carbonyl (C=O) groups is 1. The molecule has 2 rings (SSSR count). The molecule has 0 spiro atoms. The molecule has 0 saturated carbocycles. The second-order valence-electron chi connectivity index (χ2n) is 4.25. The average Bonchev–Trinajstić information content (AvgIpc) is 2.43. The number of ether oxygens (including phenoxy) is 1. The van der Waals surface area contributed by atoms with Gasteiger partial charge in [0.15, 0.2) is 12.4 Å². The molecular weight excluding hydrogens is 319 g/mol. The predicted octanol–water partition coefficient (Wildman–Crippen LogP) is 5.22. The van der Waals surface area contributed by atoms with Crippen molar-refractivity contribution in [2.24, 2.45) is 0 Å². The summed E-state index contributed by atoms with van der Waals surface area (Å²) in [5.41, 5.74) is 1.36. The molecule has 0 fully saturated rings. The van der Waals surface area contributed by atoms with Gasteiger partial charge in [-0.25, -0.2) is 0 Å². The summed E-state index contributed by atoms with van der Waals surface area (Å²) in [6.07, 6.45) is 0. The van der Waals surface area contributed by atoms with Crippen LogP contribution in [0.25, 0.3) is 0 Å². The summed E-state index contributed by atoms with van der Waals surface area (Å²) in [6, 6.07) is 9.97. The van der Waals surface area contributed by atoms with E-state index < -0.39 is 0 Å². The van der Waals surface area contributed by atoms with Crippen molar-refractivity contribution in [3.8, 4) is 5.75 Å². The molecule has 2 aromatic rings. The zero-order chi connectivity index (χ0) is 14.7. The van der Waals surface area contributed by atoms with Crippen molar-refractivity contribution in [1.29, 1.82) is 0 Å². The molecule has 0 saturated heterocycles. The monoisotopic (exact) mass is 328 g/mol. The lowest BCUT2D eigenvalue weighted by Gasteiger charge is -2.07. The minimum Gasteiger partial charge on any atom is -0.485 e. The Balaban J connectivity index is 2.04. The van der Waals surface area contributed by atoms with Crippen molar-refractivity contribution in [3.63, 3.8) is 0 Å². The van der Waals surface area contributed by atoms with Crippen LogP contribution >= 0.6 is 34.8 Å². The summed E-state index contributed by atoms with van der Waals surface area (Å²) in [5, 5.41) is 1.42. The largest absolute Gasteiger partial charge is 0.485 e. The van der Waals surface area contributed by atoms with Crippen LogP contribution in [0.4, 0.5) is 0 Å². The Labute approximate surface area is 132 Å². The Morgan fingerprint density at radius 3 is 2.35 bits per heavy atom. The van der Waals surface area contributed by atoms with E-state index in [2.05, 4.69) is 0 Å². The number of ketones is 1. The third-order valence-electron chi connectivity index (χ3n) is 2.74. The Bertz CT molecular complexity index is 654. The van der Waals surface area contributed by atoms with Gasteiger partial charge >= 0.3 is 0 Å². The first-order valence-corrected chi connectivity index (χ1v) is 6.98. The Morgan fingerprint density at radius 2 is 1.70 bits per heavy atom. The van der Waals surface area contributed by atoms with Gasteiger partial charge in [0.2, 0.25) is 0 Å². The number of hydrogen-bond acceptors (Lipinski definition) is 2. The van der Waals surface area contributed by atoms with Crippen LogP contribution in [-0.2, 0) is 0 Å². The maximum atomic E-state index is 12.0. The highest BCUT2D eigenvalue weighted by Crippen LogP contribution is 2.24. The molecule has 104 valence electrons. The third-order valence-corrected chi connectivity index (χ3v) is 3.90. The van der Waals surface area contributed by atoms with Crippen LogP contribution in [0.5, 0.6) is 5.75 Å². The van der Waals surface area contributed by atoms with Crippen LogP contribution in [-0.4, -0.2) is 12.4 Å². The lowest BCUT2D eigenvalue weighted by molar-refractivity contribution is 0.0921. The standard InChI is InChI=1S/C15H11Cl3O2/c1-9-6-11(3-5-12(9)16)20-8-15(19)10-2-4-13(17)14(18)7-10/h2-7H,8H2,1H3. The van der Waals surface area contributed by atoms with Crippen LogP contribution in [0.2, 0.25) is 15.1 Å². The molecule has 2 aromatic carbocycles. The zero-order valence-corrected chi connectivity index (χ0v) is 12.9. The first-order chi connectivity index (χ1) is 9.47. The van der Waals surface area contributed by atoms with Crippen molar-refractivity contribution < 1.29 is 9.53 Å². The summed E-state index contributed by atoms with van der Waals surface area (Å²) in [6.45, 7) is 1.80. The highest BCUT2D eigenvalue weighted by Gasteiger charge is 2.09. The molecule has 2 nitrogen and oxygen atoms in total. The quantitative estimate of drug-likeness (QED) is 0.719. The highest BCUT2D eigenvalue weighted by molar-refractivity contribution is 6.42. The second-order valence-corrected chi connectivity index (χ2v) is 5.47. The first-order valence-electron chi connectivity index (χ1n) is 5.84. The number of carbonyl (C=O) groups excluding carboxylic acids is 1. The predicted molar refractivity (Wildman–Crippen MR) is 82.5 cm³/mol. The smallest absolute Gasteiger partial charge is 0.200 e. The molecule has 0 atom stereocenters. The maximum Gasteiger partial charge on any atom is 0.200 e. The fourth-order valence-corrected chi connectivity index (χ4v) is 2.02. The van der Waals surface area contributed by atoms with Gasteiger partial charge in [0.25, 0.3) is 0 Å². The van der Waals surface area contributed by atoms with E-state index in [0.29, 0.717) is 26.4 Å². The molecule has 0 bridgehead atoms. The summed E-state index contributed by atoms with van der Waals surface area (Å²) in [5.74, 6) is 0.427.